The minimum Gasteiger partial charge on any atom is -0.480 e. The lowest BCUT2D eigenvalue weighted by Crippen LogP contribution is -2.53. The van der Waals surface area contributed by atoms with E-state index in [4.69, 9.17) is 5.11 Å². The zero-order valence-electron chi connectivity index (χ0n) is 14.3. The molecule has 1 aliphatic rings. The number of carbonyl (C=O) groups is 3. The van der Waals surface area contributed by atoms with E-state index < -0.39 is 41.7 Å². The van der Waals surface area contributed by atoms with Crippen molar-refractivity contribution >= 4 is 23.6 Å². The highest BCUT2D eigenvalue weighted by Crippen LogP contribution is 2.30. The first kappa shape index (κ1) is 20.3. The topological polar surface area (TPSA) is 111 Å². The maximum Gasteiger partial charge on any atom is 0.416 e. The summed E-state index contributed by atoms with van der Waals surface area (Å²) in [4.78, 5) is 36.4. The van der Waals surface area contributed by atoms with E-state index in [9.17, 15) is 27.6 Å². The minimum atomic E-state index is -4.51. The molecule has 1 aromatic carbocycles. The van der Waals surface area contributed by atoms with E-state index >= 15 is 0 Å². The van der Waals surface area contributed by atoms with Gasteiger partial charge in [-0.2, -0.15) is 13.2 Å². The van der Waals surface area contributed by atoms with E-state index in [1.807, 2.05) is 0 Å². The first-order valence-corrected chi connectivity index (χ1v) is 8.12. The van der Waals surface area contributed by atoms with Crippen molar-refractivity contribution in [3.05, 3.63) is 29.8 Å². The number of likely N-dealkylation sites (tertiary alicyclic amines) is 1. The summed E-state index contributed by atoms with van der Waals surface area (Å²) in [7, 11) is 0. The Morgan fingerprint density at radius 3 is 2.63 bits per heavy atom. The lowest BCUT2D eigenvalue weighted by atomic mass is 10.2. The molecular formula is C16H19F3N4O4. The normalized spacial score (nSPS) is 17.9. The highest BCUT2D eigenvalue weighted by atomic mass is 19.4. The molecule has 0 aromatic heterocycles. The Labute approximate surface area is 152 Å². The molecule has 1 fully saturated rings. The van der Waals surface area contributed by atoms with Gasteiger partial charge in [-0.1, -0.05) is 6.07 Å². The quantitative estimate of drug-likeness (QED) is 0.575. The third-order valence-corrected chi connectivity index (χ3v) is 4.05. The Balaban J connectivity index is 1.97. The summed E-state index contributed by atoms with van der Waals surface area (Å²) in [6, 6.07) is 1.62. The fourth-order valence-electron chi connectivity index (χ4n) is 2.60. The van der Waals surface area contributed by atoms with E-state index in [1.54, 1.807) is 0 Å². The van der Waals surface area contributed by atoms with Crippen molar-refractivity contribution in [2.45, 2.75) is 38.0 Å². The van der Waals surface area contributed by atoms with Crippen LogP contribution in [0.3, 0.4) is 0 Å². The number of carboxylic acids is 1. The van der Waals surface area contributed by atoms with Crippen molar-refractivity contribution < 1.29 is 32.7 Å². The number of urea groups is 1. The molecule has 1 aliphatic heterocycles. The summed E-state index contributed by atoms with van der Waals surface area (Å²) in [5.41, 5.74) is 3.85. The van der Waals surface area contributed by atoms with Crippen LogP contribution in [0, 0.1) is 0 Å². The van der Waals surface area contributed by atoms with Gasteiger partial charge in [0.15, 0.2) is 0 Å². The Morgan fingerprint density at radius 2 is 2.00 bits per heavy atom. The monoisotopic (exact) mass is 388 g/mol. The molecule has 1 heterocycles. The summed E-state index contributed by atoms with van der Waals surface area (Å²) >= 11 is 0. The van der Waals surface area contributed by atoms with Gasteiger partial charge >= 0.3 is 18.2 Å². The molecule has 0 radical (unpaired) electrons. The Morgan fingerprint density at radius 1 is 1.30 bits per heavy atom. The molecule has 3 amide bonds. The molecule has 8 nitrogen and oxygen atoms in total. The fourth-order valence-corrected chi connectivity index (χ4v) is 2.60. The lowest BCUT2D eigenvalue weighted by Gasteiger charge is -2.25. The number of aliphatic carboxylic acids is 1. The molecule has 0 aliphatic carbocycles. The van der Waals surface area contributed by atoms with Crippen LogP contribution in [0.5, 0.6) is 0 Å². The number of amides is 3. The fraction of sp³-hybridized carbons (Fsp3) is 0.438. The second-order valence-electron chi connectivity index (χ2n) is 6.05. The van der Waals surface area contributed by atoms with Crippen LogP contribution < -0.4 is 16.2 Å². The van der Waals surface area contributed by atoms with Gasteiger partial charge in [0.1, 0.15) is 12.1 Å². The predicted octanol–water partition coefficient (Wildman–Crippen LogP) is 1.80. The van der Waals surface area contributed by atoms with Crippen LogP contribution in [-0.4, -0.2) is 46.5 Å². The first-order valence-electron chi connectivity index (χ1n) is 8.12. The van der Waals surface area contributed by atoms with Crippen molar-refractivity contribution in [3.63, 3.8) is 0 Å². The van der Waals surface area contributed by atoms with E-state index in [-0.39, 0.29) is 12.2 Å². The van der Waals surface area contributed by atoms with Gasteiger partial charge in [-0.25, -0.2) is 4.79 Å². The van der Waals surface area contributed by atoms with Crippen molar-refractivity contribution in [2.75, 3.05) is 12.0 Å². The maximum atomic E-state index is 12.7. The van der Waals surface area contributed by atoms with Gasteiger partial charge in [0.05, 0.1) is 11.3 Å². The van der Waals surface area contributed by atoms with Crippen molar-refractivity contribution in [1.29, 1.82) is 0 Å². The summed E-state index contributed by atoms with van der Waals surface area (Å²) in [6.07, 6.45) is -3.62. The lowest BCUT2D eigenvalue weighted by molar-refractivity contribution is -0.139. The zero-order valence-corrected chi connectivity index (χ0v) is 14.3. The van der Waals surface area contributed by atoms with E-state index in [1.165, 1.54) is 24.0 Å². The molecule has 27 heavy (non-hydrogen) atoms. The molecule has 148 valence electrons. The number of hydrogen-bond donors (Lipinski definition) is 4. The average Bonchev–Trinajstić information content (AvgIpc) is 3.09. The Kier molecular flexibility index (Phi) is 6.13. The number of anilines is 1. The molecule has 0 saturated carbocycles. The molecule has 4 N–H and O–H groups in total. The standard InChI is InChI=1S/C16H19F3N4O4/c1-9(14(25)26)20-15(27)23-7-3-6-12(23)13(24)22-21-11-5-2-4-10(8-11)16(17,18)19/h2,4-5,8-9,12,21H,3,6-7H2,1H3,(H,20,27)(H,22,24)(H,25,26)/t9-,12?/m0/s1. The molecule has 1 unspecified atom stereocenters. The second-order valence-corrected chi connectivity index (χ2v) is 6.05. The molecule has 1 aromatic rings. The van der Waals surface area contributed by atoms with Gasteiger partial charge in [0, 0.05) is 6.54 Å². The number of nitrogens with one attached hydrogen (secondary N) is 3. The highest BCUT2D eigenvalue weighted by molar-refractivity contribution is 5.89. The third kappa shape index (κ3) is 5.25. The molecule has 11 heteroatoms. The van der Waals surface area contributed by atoms with Crippen molar-refractivity contribution in [3.8, 4) is 0 Å². The molecule has 1 saturated heterocycles. The van der Waals surface area contributed by atoms with Crippen LogP contribution >= 0.6 is 0 Å². The van der Waals surface area contributed by atoms with E-state index in [2.05, 4.69) is 16.2 Å². The van der Waals surface area contributed by atoms with Crippen LogP contribution in [0.15, 0.2) is 24.3 Å². The third-order valence-electron chi connectivity index (χ3n) is 4.05. The van der Waals surface area contributed by atoms with Crippen LogP contribution in [0.1, 0.15) is 25.3 Å². The number of nitrogens with zero attached hydrogens (tertiary/aromatic N) is 1. The van der Waals surface area contributed by atoms with Crippen LogP contribution in [0.4, 0.5) is 23.7 Å². The van der Waals surface area contributed by atoms with Gasteiger partial charge in [-0.15, -0.1) is 0 Å². The minimum absolute atomic E-state index is 0.0340. The molecule has 0 bridgehead atoms. The number of alkyl halides is 3. The maximum absolute atomic E-state index is 12.7. The van der Waals surface area contributed by atoms with E-state index in [0.29, 0.717) is 12.8 Å². The summed E-state index contributed by atoms with van der Waals surface area (Å²) in [5, 5.41) is 11.1. The number of hydrazine groups is 1. The molecule has 0 spiro atoms. The van der Waals surface area contributed by atoms with Crippen LogP contribution in [0.25, 0.3) is 0 Å². The number of rotatable bonds is 5. The highest BCUT2D eigenvalue weighted by Gasteiger charge is 2.35. The van der Waals surface area contributed by atoms with Gasteiger partial charge < -0.3 is 15.3 Å². The molecular weight excluding hydrogens is 369 g/mol. The average molecular weight is 388 g/mol. The van der Waals surface area contributed by atoms with Gasteiger partial charge in [0.25, 0.3) is 5.91 Å². The van der Waals surface area contributed by atoms with Crippen molar-refractivity contribution in [2.24, 2.45) is 0 Å². The summed E-state index contributed by atoms with van der Waals surface area (Å²) in [6.45, 7) is 1.56. The smallest absolute Gasteiger partial charge is 0.416 e. The van der Waals surface area contributed by atoms with Crippen LogP contribution in [-0.2, 0) is 15.8 Å². The van der Waals surface area contributed by atoms with Gasteiger partial charge in [0.2, 0.25) is 0 Å². The molecule has 2 rings (SSSR count). The Hall–Kier alpha value is -2.98. The van der Waals surface area contributed by atoms with Gasteiger partial charge in [-0.05, 0) is 38.0 Å². The number of hydrogen-bond acceptors (Lipinski definition) is 4. The Bertz CT molecular complexity index is 726. The summed E-state index contributed by atoms with van der Waals surface area (Å²) in [5.74, 6) is -1.82. The second kappa shape index (κ2) is 8.14. The molecule has 2 atom stereocenters. The van der Waals surface area contributed by atoms with E-state index in [0.717, 1.165) is 12.1 Å². The van der Waals surface area contributed by atoms with Crippen molar-refractivity contribution in [1.82, 2.24) is 15.6 Å². The zero-order chi connectivity index (χ0) is 20.2. The summed E-state index contributed by atoms with van der Waals surface area (Å²) < 4.78 is 38.1. The number of carbonyl (C=O) groups excluding carboxylic acids is 2. The van der Waals surface area contributed by atoms with Gasteiger partial charge in [-0.3, -0.25) is 20.4 Å². The number of benzene rings is 1. The number of carboxylic acid groups (broad SMARTS) is 1. The first-order chi connectivity index (χ1) is 12.6. The largest absolute Gasteiger partial charge is 0.480 e. The number of halogens is 3. The predicted molar refractivity (Wildman–Crippen MR) is 88.6 cm³/mol. The SMILES string of the molecule is C[C@H](NC(=O)N1CCCC1C(=O)NNc1cccc(C(F)(F)F)c1)C(=O)O. The van der Waals surface area contributed by atoms with Crippen LogP contribution in [0.2, 0.25) is 0 Å².